The quantitative estimate of drug-likeness (QED) is 0.610. The van der Waals surface area contributed by atoms with Gasteiger partial charge < -0.3 is 10.6 Å². The summed E-state index contributed by atoms with van der Waals surface area (Å²) in [5, 5.41) is 5.85. The fourth-order valence-corrected chi connectivity index (χ4v) is 3.41. The first-order chi connectivity index (χ1) is 13.4. The van der Waals surface area contributed by atoms with Crippen LogP contribution in [0.5, 0.6) is 0 Å². The number of anilines is 1. The van der Waals surface area contributed by atoms with Gasteiger partial charge in [-0.05, 0) is 36.2 Å². The molecule has 0 atom stereocenters. The molecule has 0 saturated carbocycles. The average molecular weight is 456 g/mol. The maximum absolute atomic E-state index is 14.7. The molecular formula is C19H20Cl2FN5O3. The Morgan fingerprint density at radius 1 is 1.20 bits per heavy atom. The van der Waals surface area contributed by atoms with E-state index in [4.69, 9.17) is 0 Å². The van der Waals surface area contributed by atoms with Crippen LogP contribution in [-0.4, -0.2) is 26.6 Å². The Morgan fingerprint density at radius 2 is 1.93 bits per heavy atom. The number of hydrogen-bond donors (Lipinski definition) is 2. The number of aromatic nitrogens is 3. The number of carbonyl (C=O) groups excluding carboxylic acids is 1. The fourth-order valence-electron chi connectivity index (χ4n) is 3.41. The third-order valence-electron chi connectivity index (χ3n) is 5.01. The summed E-state index contributed by atoms with van der Waals surface area (Å²) in [5.74, 6) is -1.03. The number of hydrogen-bond acceptors (Lipinski definition) is 5. The Kier molecular flexibility index (Phi) is 7.02. The number of carbonyl (C=O) groups is 1. The normalized spacial score (nSPS) is 12.5. The minimum absolute atomic E-state index is 0. The van der Waals surface area contributed by atoms with E-state index in [2.05, 4.69) is 15.6 Å². The topological polar surface area (TPSA) is 98.0 Å². The van der Waals surface area contributed by atoms with E-state index >= 15 is 0 Å². The van der Waals surface area contributed by atoms with Crippen LogP contribution in [0.4, 0.5) is 10.1 Å². The van der Waals surface area contributed by atoms with Gasteiger partial charge in [-0.1, -0.05) is 6.07 Å². The highest BCUT2D eigenvalue weighted by atomic mass is 35.5. The van der Waals surface area contributed by atoms with Crippen LogP contribution in [0.15, 0.2) is 34.0 Å². The second-order valence-electron chi connectivity index (χ2n) is 6.75. The largest absolute Gasteiger partial charge is 0.332 e. The maximum Gasteiger partial charge on any atom is 0.332 e. The van der Waals surface area contributed by atoms with Gasteiger partial charge in [0.15, 0.2) is 0 Å². The number of nitrogens with one attached hydrogen (secondary N) is 2. The molecule has 0 unspecified atom stereocenters. The summed E-state index contributed by atoms with van der Waals surface area (Å²) in [6.45, 7) is 1.27. The first-order valence-corrected chi connectivity index (χ1v) is 8.76. The molecule has 1 aliphatic rings. The Bertz CT molecular complexity index is 1260. The number of benzene rings is 1. The Morgan fingerprint density at radius 3 is 2.67 bits per heavy atom. The number of nitrogens with zero attached hydrogens (tertiary/aromatic N) is 3. The Balaban J connectivity index is 0.00000160. The van der Waals surface area contributed by atoms with Crippen molar-refractivity contribution in [3.63, 3.8) is 0 Å². The smallest absolute Gasteiger partial charge is 0.319 e. The lowest BCUT2D eigenvalue weighted by molar-refractivity contribution is 0.102. The third-order valence-corrected chi connectivity index (χ3v) is 5.01. The van der Waals surface area contributed by atoms with Crippen molar-refractivity contribution < 1.29 is 9.18 Å². The van der Waals surface area contributed by atoms with E-state index in [9.17, 15) is 18.8 Å². The zero-order valence-electron chi connectivity index (χ0n) is 16.2. The van der Waals surface area contributed by atoms with Gasteiger partial charge >= 0.3 is 5.69 Å². The van der Waals surface area contributed by atoms with Crippen molar-refractivity contribution >= 4 is 47.4 Å². The summed E-state index contributed by atoms with van der Waals surface area (Å²) in [7, 11) is 2.85. The number of aryl methyl sites for hydroxylation is 1. The highest BCUT2D eigenvalue weighted by Crippen LogP contribution is 2.25. The molecule has 0 bridgehead atoms. The Labute approximate surface area is 182 Å². The van der Waals surface area contributed by atoms with Crippen LogP contribution >= 0.6 is 24.8 Å². The number of rotatable bonds is 2. The van der Waals surface area contributed by atoms with Crippen LogP contribution in [0, 0.1) is 5.82 Å². The Hall–Kier alpha value is -2.75. The van der Waals surface area contributed by atoms with Crippen LogP contribution in [0.2, 0.25) is 0 Å². The molecule has 1 amide bonds. The van der Waals surface area contributed by atoms with Gasteiger partial charge in [0.2, 0.25) is 0 Å². The molecule has 160 valence electrons. The van der Waals surface area contributed by atoms with Crippen LogP contribution in [-0.2, 0) is 27.1 Å². The van der Waals surface area contributed by atoms with Gasteiger partial charge in [-0.25, -0.2) is 14.2 Å². The van der Waals surface area contributed by atoms with Crippen LogP contribution < -0.4 is 21.9 Å². The van der Waals surface area contributed by atoms with E-state index in [-0.39, 0.29) is 47.1 Å². The predicted octanol–water partition coefficient (Wildman–Crippen LogP) is 1.51. The molecule has 3 heterocycles. The molecule has 1 aromatic carbocycles. The molecule has 0 fully saturated rings. The van der Waals surface area contributed by atoms with Crippen LogP contribution in [0.1, 0.15) is 21.5 Å². The lowest BCUT2D eigenvalue weighted by atomic mass is 9.99. The highest BCUT2D eigenvalue weighted by molar-refractivity contribution is 6.05. The molecule has 0 aliphatic carbocycles. The highest BCUT2D eigenvalue weighted by Gasteiger charge is 2.19. The summed E-state index contributed by atoms with van der Waals surface area (Å²) in [6.07, 6.45) is 1.81. The van der Waals surface area contributed by atoms with E-state index in [0.29, 0.717) is 25.1 Å². The molecule has 0 spiro atoms. The zero-order chi connectivity index (χ0) is 20.0. The van der Waals surface area contributed by atoms with Crippen molar-refractivity contribution in [2.24, 2.45) is 14.1 Å². The molecule has 2 aromatic heterocycles. The van der Waals surface area contributed by atoms with E-state index in [1.54, 1.807) is 6.07 Å². The van der Waals surface area contributed by atoms with Crippen molar-refractivity contribution in [3.8, 4) is 0 Å². The summed E-state index contributed by atoms with van der Waals surface area (Å²) in [5.41, 5.74) is 0.773. The summed E-state index contributed by atoms with van der Waals surface area (Å²) < 4.78 is 16.9. The monoisotopic (exact) mass is 455 g/mol. The number of amides is 1. The van der Waals surface area contributed by atoms with E-state index in [0.717, 1.165) is 10.1 Å². The number of halogens is 3. The second kappa shape index (κ2) is 8.95. The van der Waals surface area contributed by atoms with Gasteiger partial charge in [0.25, 0.3) is 11.5 Å². The molecule has 30 heavy (non-hydrogen) atoms. The van der Waals surface area contributed by atoms with Gasteiger partial charge in [-0.3, -0.25) is 18.7 Å². The number of fused-ring (bicyclic) bond motifs is 2. The average Bonchev–Trinajstić information content (AvgIpc) is 2.72. The second-order valence-corrected chi connectivity index (χ2v) is 6.75. The predicted molar refractivity (Wildman–Crippen MR) is 116 cm³/mol. The maximum atomic E-state index is 14.7. The van der Waals surface area contributed by atoms with Crippen molar-refractivity contribution in [1.82, 2.24) is 19.4 Å². The first kappa shape index (κ1) is 23.5. The first-order valence-electron chi connectivity index (χ1n) is 8.76. The third kappa shape index (κ3) is 3.83. The van der Waals surface area contributed by atoms with Gasteiger partial charge in [0.05, 0.1) is 16.6 Å². The molecule has 1 aliphatic heterocycles. The fraction of sp³-hybridized carbons (Fsp3) is 0.263. The minimum atomic E-state index is -0.585. The van der Waals surface area contributed by atoms with Crippen molar-refractivity contribution in [1.29, 1.82) is 0 Å². The van der Waals surface area contributed by atoms with Gasteiger partial charge in [0, 0.05) is 26.8 Å². The molecule has 3 aromatic rings. The van der Waals surface area contributed by atoms with Gasteiger partial charge in [-0.2, -0.15) is 0 Å². The van der Waals surface area contributed by atoms with Gasteiger partial charge in [0.1, 0.15) is 11.5 Å². The molecule has 0 radical (unpaired) electrons. The van der Waals surface area contributed by atoms with Crippen LogP contribution in [0.3, 0.4) is 0 Å². The molecular weight excluding hydrogens is 436 g/mol. The standard InChI is InChI=1S/C19H18FN5O3.2ClH/c1-24-16-13(18(27)25(2)19(24)28)7-11(9-22-16)17(26)23-14-4-3-10-8-21-6-5-12(10)15(14)20;;/h3-4,7,9,21H,5-6,8H2,1-2H3,(H,23,26);2*1H. The van der Waals surface area contributed by atoms with E-state index in [1.807, 2.05) is 0 Å². The molecule has 11 heteroatoms. The van der Waals surface area contributed by atoms with E-state index in [1.165, 1.54) is 37.0 Å². The summed E-state index contributed by atoms with van der Waals surface area (Å²) in [4.78, 5) is 41.0. The van der Waals surface area contributed by atoms with Gasteiger partial charge in [-0.15, -0.1) is 24.8 Å². The molecule has 0 saturated heterocycles. The molecule has 8 nitrogen and oxygen atoms in total. The van der Waals surface area contributed by atoms with Crippen molar-refractivity contribution in [2.45, 2.75) is 13.0 Å². The molecule has 4 rings (SSSR count). The van der Waals surface area contributed by atoms with Crippen LogP contribution in [0.25, 0.3) is 11.0 Å². The lowest BCUT2D eigenvalue weighted by Crippen LogP contribution is -2.37. The van der Waals surface area contributed by atoms with Crippen molar-refractivity contribution in [3.05, 3.63) is 67.7 Å². The van der Waals surface area contributed by atoms with Crippen molar-refractivity contribution in [2.75, 3.05) is 11.9 Å². The lowest BCUT2D eigenvalue weighted by Gasteiger charge is -2.19. The summed E-state index contributed by atoms with van der Waals surface area (Å²) in [6, 6.07) is 4.67. The molecule has 2 N–H and O–H groups in total. The number of pyridine rings is 1. The minimum Gasteiger partial charge on any atom is -0.319 e. The van der Waals surface area contributed by atoms with E-state index < -0.39 is 23.0 Å². The summed E-state index contributed by atoms with van der Waals surface area (Å²) >= 11 is 0. The zero-order valence-corrected chi connectivity index (χ0v) is 17.8. The SMILES string of the molecule is Cl.Cl.Cn1c(=O)c2cc(C(=O)Nc3ccc4c(c3F)CCNC4)cnc2n(C)c1=O.